The number of nitrogens with two attached hydrogens (primary N) is 1. The number of hydrogen-bond acceptors (Lipinski definition) is 4. The second-order valence-corrected chi connectivity index (χ2v) is 6.10. The molecule has 26 heavy (non-hydrogen) atoms. The van der Waals surface area contributed by atoms with Crippen molar-refractivity contribution < 1.29 is 14.3 Å². The van der Waals surface area contributed by atoms with Gasteiger partial charge in [-0.2, -0.15) is 0 Å². The molecule has 0 saturated carbocycles. The van der Waals surface area contributed by atoms with Gasteiger partial charge in [0.05, 0.1) is 17.2 Å². The Morgan fingerprint density at radius 2 is 1.81 bits per heavy atom. The van der Waals surface area contributed by atoms with Gasteiger partial charge in [0.2, 0.25) is 11.3 Å². The standard InChI is InChI=1S/C21H15NO4/c22-19(24)11-12-4-1-2-5-14(12)13-8-9-15-18(10-13)26-21-16(20(15)25)6-3-7-17(21)23/h1-10,23H,11H2,(H2,22,24). The van der Waals surface area contributed by atoms with Gasteiger partial charge in [0, 0.05) is 0 Å². The number of amides is 1. The predicted molar refractivity (Wildman–Crippen MR) is 100.0 cm³/mol. The topological polar surface area (TPSA) is 93.5 Å². The molecule has 0 spiro atoms. The lowest BCUT2D eigenvalue weighted by atomic mass is 9.96. The summed E-state index contributed by atoms with van der Waals surface area (Å²) in [5.74, 6) is -0.498. The zero-order valence-corrected chi connectivity index (χ0v) is 13.7. The zero-order valence-electron chi connectivity index (χ0n) is 13.7. The molecule has 1 aromatic heterocycles. The molecule has 5 heteroatoms. The Morgan fingerprint density at radius 3 is 2.62 bits per heavy atom. The molecule has 1 heterocycles. The molecule has 3 N–H and O–H groups in total. The Balaban J connectivity index is 1.97. The number of carbonyl (C=O) groups is 1. The normalized spacial score (nSPS) is 11.1. The first-order chi connectivity index (χ1) is 12.5. The minimum atomic E-state index is -0.416. The average molecular weight is 345 g/mol. The van der Waals surface area contributed by atoms with Crippen LogP contribution in [-0.4, -0.2) is 11.0 Å². The van der Waals surface area contributed by atoms with Crippen molar-refractivity contribution in [2.24, 2.45) is 5.73 Å². The van der Waals surface area contributed by atoms with E-state index >= 15 is 0 Å². The van der Waals surface area contributed by atoms with E-state index in [0.29, 0.717) is 16.4 Å². The van der Waals surface area contributed by atoms with Crippen LogP contribution in [0.5, 0.6) is 5.75 Å². The molecule has 0 radical (unpaired) electrons. The third-order valence-electron chi connectivity index (χ3n) is 4.37. The molecule has 128 valence electrons. The van der Waals surface area contributed by atoms with Crippen LogP contribution in [0.2, 0.25) is 0 Å². The van der Waals surface area contributed by atoms with Gasteiger partial charge in [0.15, 0.2) is 11.3 Å². The first-order valence-corrected chi connectivity index (χ1v) is 8.10. The number of phenolic OH excluding ortho intramolecular Hbond substituents is 1. The van der Waals surface area contributed by atoms with Gasteiger partial charge in [-0.25, -0.2) is 0 Å². The summed E-state index contributed by atoms with van der Waals surface area (Å²) in [4.78, 5) is 24.0. The summed E-state index contributed by atoms with van der Waals surface area (Å²) in [6.45, 7) is 0. The lowest BCUT2D eigenvalue weighted by Crippen LogP contribution is -2.14. The largest absolute Gasteiger partial charge is 0.504 e. The Bertz CT molecular complexity index is 1220. The van der Waals surface area contributed by atoms with Gasteiger partial charge in [-0.1, -0.05) is 36.4 Å². The van der Waals surface area contributed by atoms with E-state index in [9.17, 15) is 14.7 Å². The van der Waals surface area contributed by atoms with Crippen LogP contribution in [0.25, 0.3) is 33.1 Å². The number of aromatic hydroxyl groups is 1. The van der Waals surface area contributed by atoms with Crippen molar-refractivity contribution in [1.82, 2.24) is 0 Å². The Kier molecular flexibility index (Phi) is 3.69. The van der Waals surface area contributed by atoms with E-state index in [1.54, 1.807) is 24.3 Å². The summed E-state index contributed by atoms with van der Waals surface area (Å²) in [7, 11) is 0. The maximum absolute atomic E-state index is 12.7. The minimum Gasteiger partial charge on any atom is -0.504 e. The van der Waals surface area contributed by atoms with Gasteiger partial charge in [-0.05, 0) is 41.0 Å². The van der Waals surface area contributed by atoms with Gasteiger partial charge in [-0.15, -0.1) is 0 Å². The van der Waals surface area contributed by atoms with Crippen molar-refractivity contribution in [2.75, 3.05) is 0 Å². The molecule has 0 aliphatic heterocycles. The number of para-hydroxylation sites is 1. The summed E-state index contributed by atoms with van der Waals surface area (Å²) < 4.78 is 5.80. The molecule has 4 aromatic rings. The Hall–Kier alpha value is -3.60. The van der Waals surface area contributed by atoms with Crippen LogP contribution < -0.4 is 11.2 Å². The summed E-state index contributed by atoms with van der Waals surface area (Å²) in [6, 6.07) is 17.4. The molecular formula is C21H15NO4. The average Bonchev–Trinajstić information content (AvgIpc) is 2.62. The molecule has 3 aromatic carbocycles. The summed E-state index contributed by atoms with van der Waals surface area (Å²) in [5.41, 5.74) is 8.10. The van der Waals surface area contributed by atoms with Gasteiger partial charge in [0.25, 0.3) is 0 Å². The van der Waals surface area contributed by atoms with Crippen LogP contribution in [0.4, 0.5) is 0 Å². The van der Waals surface area contributed by atoms with Crippen molar-refractivity contribution in [3.63, 3.8) is 0 Å². The fourth-order valence-corrected chi connectivity index (χ4v) is 3.17. The summed E-state index contributed by atoms with van der Waals surface area (Å²) >= 11 is 0. The first-order valence-electron chi connectivity index (χ1n) is 8.10. The van der Waals surface area contributed by atoms with Crippen LogP contribution in [0.15, 0.2) is 69.9 Å². The van der Waals surface area contributed by atoms with E-state index in [1.165, 1.54) is 6.07 Å². The molecule has 4 rings (SSSR count). The fourth-order valence-electron chi connectivity index (χ4n) is 3.17. The summed E-state index contributed by atoms with van der Waals surface area (Å²) in [5, 5.41) is 10.8. The van der Waals surface area contributed by atoms with E-state index < -0.39 is 5.91 Å². The maximum Gasteiger partial charge on any atom is 0.221 e. The van der Waals surface area contributed by atoms with Gasteiger partial charge < -0.3 is 15.3 Å². The second-order valence-electron chi connectivity index (χ2n) is 6.10. The number of carbonyl (C=O) groups excluding carboxylic acids is 1. The highest BCUT2D eigenvalue weighted by Crippen LogP contribution is 2.30. The molecular weight excluding hydrogens is 330 g/mol. The highest BCUT2D eigenvalue weighted by atomic mass is 16.4. The highest BCUT2D eigenvalue weighted by molar-refractivity contribution is 5.94. The van der Waals surface area contributed by atoms with Gasteiger partial charge >= 0.3 is 0 Å². The lowest BCUT2D eigenvalue weighted by molar-refractivity contribution is -0.117. The highest BCUT2D eigenvalue weighted by Gasteiger charge is 2.13. The number of fused-ring (bicyclic) bond motifs is 2. The number of hydrogen-bond donors (Lipinski definition) is 2. The smallest absolute Gasteiger partial charge is 0.221 e. The predicted octanol–water partition coefficient (Wildman–Crippen LogP) is 3.35. The van der Waals surface area contributed by atoms with E-state index in [2.05, 4.69) is 0 Å². The van der Waals surface area contributed by atoms with Gasteiger partial charge in [-0.3, -0.25) is 9.59 Å². The molecule has 1 amide bonds. The third-order valence-corrected chi connectivity index (χ3v) is 4.37. The van der Waals surface area contributed by atoms with E-state index in [0.717, 1.165) is 16.7 Å². The summed E-state index contributed by atoms with van der Waals surface area (Å²) in [6.07, 6.45) is 0.122. The Morgan fingerprint density at radius 1 is 1.00 bits per heavy atom. The third kappa shape index (κ3) is 2.59. The molecule has 0 unspecified atom stereocenters. The SMILES string of the molecule is NC(=O)Cc1ccccc1-c1ccc2c(=O)c3cccc(O)c3oc2c1. The first kappa shape index (κ1) is 15.9. The molecule has 0 bridgehead atoms. The Labute approximate surface area is 148 Å². The van der Waals surface area contributed by atoms with Crippen LogP contribution in [0.3, 0.4) is 0 Å². The molecule has 0 saturated heterocycles. The zero-order chi connectivity index (χ0) is 18.3. The quantitative estimate of drug-likeness (QED) is 0.557. The van der Waals surface area contributed by atoms with Gasteiger partial charge in [0.1, 0.15) is 5.58 Å². The minimum absolute atomic E-state index is 0.0824. The number of primary amides is 1. The van der Waals surface area contributed by atoms with E-state index in [1.807, 2.05) is 30.3 Å². The van der Waals surface area contributed by atoms with Crippen LogP contribution >= 0.6 is 0 Å². The van der Waals surface area contributed by atoms with Crippen molar-refractivity contribution in [1.29, 1.82) is 0 Å². The van der Waals surface area contributed by atoms with Crippen molar-refractivity contribution in [3.05, 3.63) is 76.5 Å². The van der Waals surface area contributed by atoms with Crippen molar-refractivity contribution >= 4 is 27.8 Å². The fraction of sp³-hybridized carbons (Fsp3) is 0.0476. The second kappa shape index (κ2) is 6.04. The number of phenols is 1. The van der Waals surface area contributed by atoms with E-state index in [4.69, 9.17) is 10.2 Å². The van der Waals surface area contributed by atoms with Crippen LogP contribution in [0, 0.1) is 0 Å². The molecule has 0 fully saturated rings. The van der Waals surface area contributed by atoms with E-state index in [-0.39, 0.29) is 23.2 Å². The number of benzene rings is 3. The lowest BCUT2D eigenvalue weighted by Gasteiger charge is -2.09. The van der Waals surface area contributed by atoms with Crippen LogP contribution in [0.1, 0.15) is 5.56 Å². The molecule has 0 aliphatic carbocycles. The number of rotatable bonds is 3. The molecule has 0 atom stereocenters. The monoisotopic (exact) mass is 345 g/mol. The molecule has 5 nitrogen and oxygen atoms in total. The molecule has 0 aliphatic rings. The van der Waals surface area contributed by atoms with Crippen molar-refractivity contribution in [3.8, 4) is 16.9 Å². The van der Waals surface area contributed by atoms with Crippen molar-refractivity contribution in [2.45, 2.75) is 6.42 Å². The maximum atomic E-state index is 12.7. The van der Waals surface area contributed by atoms with Crippen LogP contribution in [-0.2, 0) is 11.2 Å².